The molecule has 2 amide bonds. The van der Waals surface area contributed by atoms with E-state index in [2.05, 4.69) is 5.32 Å². The van der Waals surface area contributed by atoms with Crippen molar-refractivity contribution >= 4 is 11.8 Å². The number of carbonyl (C=O) groups is 2. The fourth-order valence-electron chi connectivity index (χ4n) is 2.72. The molecule has 1 aromatic carbocycles. The molecule has 1 fully saturated rings. The number of rotatable bonds is 6. The van der Waals surface area contributed by atoms with Gasteiger partial charge in [-0.25, -0.2) is 4.39 Å². The van der Waals surface area contributed by atoms with E-state index in [-0.39, 0.29) is 17.6 Å². The third-order valence-electron chi connectivity index (χ3n) is 4.26. The van der Waals surface area contributed by atoms with Gasteiger partial charge in [0, 0.05) is 31.6 Å². The number of amides is 2. The van der Waals surface area contributed by atoms with Crippen molar-refractivity contribution in [1.29, 1.82) is 0 Å². The zero-order chi connectivity index (χ0) is 16.7. The number of nitrogens with two attached hydrogens (primary N) is 1. The number of carbonyl (C=O) groups excluding carboxylic acids is 2. The minimum absolute atomic E-state index is 0.136. The fourth-order valence-corrected chi connectivity index (χ4v) is 2.72. The summed E-state index contributed by atoms with van der Waals surface area (Å²) in [4.78, 5) is 25.8. The summed E-state index contributed by atoms with van der Waals surface area (Å²) in [5, 5.41) is 2.74. The molecular formula is C17H24FN3O2. The number of nitrogens with zero attached hydrogens (tertiary/aromatic N) is 1. The number of piperidine rings is 1. The van der Waals surface area contributed by atoms with Crippen LogP contribution in [-0.2, 0) is 4.79 Å². The molecule has 0 unspecified atom stereocenters. The van der Waals surface area contributed by atoms with Gasteiger partial charge in [-0.1, -0.05) is 0 Å². The van der Waals surface area contributed by atoms with Crippen molar-refractivity contribution in [1.82, 2.24) is 10.2 Å². The van der Waals surface area contributed by atoms with Crippen LogP contribution in [-0.4, -0.2) is 42.9 Å². The number of likely N-dealkylation sites (tertiary alicyclic amines) is 1. The SMILES string of the molecule is NCC1CCN(C(=O)CCCNC(=O)c2ccc(F)cc2)CC1. The summed E-state index contributed by atoms with van der Waals surface area (Å²) in [5.74, 6) is 0.0531. The predicted molar refractivity (Wildman–Crippen MR) is 86.3 cm³/mol. The maximum absolute atomic E-state index is 12.8. The van der Waals surface area contributed by atoms with Crippen molar-refractivity contribution in [3.8, 4) is 0 Å². The summed E-state index contributed by atoms with van der Waals surface area (Å²) in [6.45, 7) is 2.68. The van der Waals surface area contributed by atoms with E-state index in [4.69, 9.17) is 5.73 Å². The van der Waals surface area contributed by atoms with Crippen molar-refractivity contribution in [2.45, 2.75) is 25.7 Å². The van der Waals surface area contributed by atoms with Gasteiger partial charge in [0.05, 0.1) is 0 Å². The third-order valence-corrected chi connectivity index (χ3v) is 4.26. The quantitative estimate of drug-likeness (QED) is 0.780. The molecule has 1 aromatic rings. The zero-order valence-corrected chi connectivity index (χ0v) is 13.3. The van der Waals surface area contributed by atoms with Gasteiger partial charge in [0.1, 0.15) is 5.82 Å². The molecule has 0 radical (unpaired) electrons. The van der Waals surface area contributed by atoms with E-state index >= 15 is 0 Å². The van der Waals surface area contributed by atoms with E-state index in [0.717, 1.165) is 25.9 Å². The Morgan fingerprint density at radius 1 is 1.22 bits per heavy atom. The normalized spacial score (nSPS) is 15.5. The Morgan fingerprint density at radius 3 is 2.48 bits per heavy atom. The molecule has 1 aliphatic rings. The smallest absolute Gasteiger partial charge is 0.251 e. The molecule has 1 aliphatic heterocycles. The Kier molecular flexibility index (Phi) is 6.52. The molecular weight excluding hydrogens is 297 g/mol. The molecule has 3 N–H and O–H groups in total. The van der Waals surface area contributed by atoms with Gasteiger partial charge in [0.15, 0.2) is 0 Å². The monoisotopic (exact) mass is 321 g/mol. The maximum atomic E-state index is 12.8. The van der Waals surface area contributed by atoms with Crippen LogP contribution in [0.4, 0.5) is 4.39 Å². The van der Waals surface area contributed by atoms with Crippen LogP contribution in [0.3, 0.4) is 0 Å². The van der Waals surface area contributed by atoms with Gasteiger partial charge in [-0.2, -0.15) is 0 Å². The lowest BCUT2D eigenvalue weighted by molar-refractivity contribution is -0.132. The second kappa shape index (κ2) is 8.62. The third kappa shape index (κ3) is 5.32. The highest BCUT2D eigenvalue weighted by Gasteiger charge is 2.21. The lowest BCUT2D eigenvalue weighted by Crippen LogP contribution is -2.40. The summed E-state index contributed by atoms with van der Waals surface area (Å²) >= 11 is 0. The molecule has 0 aliphatic carbocycles. The number of halogens is 1. The summed E-state index contributed by atoms with van der Waals surface area (Å²) in [6, 6.07) is 5.39. The van der Waals surface area contributed by atoms with Crippen LogP contribution in [0.2, 0.25) is 0 Å². The van der Waals surface area contributed by atoms with Crippen LogP contribution in [0.15, 0.2) is 24.3 Å². The number of nitrogens with one attached hydrogen (secondary N) is 1. The van der Waals surface area contributed by atoms with Gasteiger partial charge >= 0.3 is 0 Å². The van der Waals surface area contributed by atoms with Crippen LogP contribution in [0, 0.1) is 11.7 Å². The largest absolute Gasteiger partial charge is 0.352 e. The van der Waals surface area contributed by atoms with Crippen LogP contribution in [0.1, 0.15) is 36.0 Å². The van der Waals surface area contributed by atoms with Crippen molar-refractivity contribution in [2.75, 3.05) is 26.2 Å². The molecule has 0 aromatic heterocycles. The molecule has 2 rings (SSSR count). The summed E-state index contributed by atoms with van der Waals surface area (Å²) in [6.07, 6.45) is 2.98. The van der Waals surface area contributed by atoms with Crippen LogP contribution >= 0.6 is 0 Å². The van der Waals surface area contributed by atoms with Crippen molar-refractivity contribution in [3.05, 3.63) is 35.6 Å². The van der Waals surface area contributed by atoms with Gasteiger partial charge in [-0.3, -0.25) is 9.59 Å². The summed E-state index contributed by atoms with van der Waals surface area (Å²) in [5.41, 5.74) is 6.06. The first-order valence-corrected chi connectivity index (χ1v) is 8.11. The molecule has 1 saturated heterocycles. The Bertz CT molecular complexity index is 525. The Balaban J connectivity index is 1.64. The molecule has 5 nitrogen and oxygen atoms in total. The first-order valence-electron chi connectivity index (χ1n) is 8.11. The molecule has 0 spiro atoms. The van der Waals surface area contributed by atoms with Crippen LogP contribution in [0.5, 0.6) is 0 Å². The van der Waals surface area contributed by atoms with E-state index in [9.17, 15) is 14.0 Å². The Labute approximate surface area is 136 Å². The highest BCUT2D eigenvalue weighted by molar-refractivity contribution is 5.94. The highest BCUT2D eigenvalue weighted by Crippen LogP contribution is 2.16. The van der Waals surface area contributed by atoms with Gasteiger partial charge in [0.2, 0.25) is 5.91 Å². The molecule has 126 valence electrons. The fraction of sp³-hybridized carbons (Fsp3) is 0.529. The first kappa shape index (κ1) is 17.4. The molecule has 1 heterocycles. The molecule has 0 saturated carbocycles. The Hall–Kier alpha value is -1.95. The summed E-state index contributed by atoms with van der Waals surface area (Å²) in [7, 11) is 0. The summed E-state index contributed by atoms with van der Waals surface area (Å²) < 4.78 is 12.8. The van der Waals surface area contributed by atoms with E-state index in [1.54, 1.807) is 0 Å². The zero-order valence-electron chi connectivity index (χ0n) is 13.3. The standard InChI is InChI=1S/C17H24FN3O2/c18-15-5-3-14(4-6-15)17(23)20-9-1-2-16(22)21-10-7-13(12-19)8-11-21/h3-6,13H,1-2,7-12,19H2,(H,20,23). The topological polar surface area (TPSA) is 75.4 Å². The van der Waals surface area contributed by atoms with E-state index in [1.807, 2.05) is 4.90 Å². The maximum Gasteiger partial charge on any atom is 0.251 e. The molecule has 23 heavy (non-hydrogen) atoms. The van der Waals surface area contributed by atoms with Crippen molar-refractivity contribution in [2.24, 2.45) is 11.7 Å². The highest BCUT2D eigenvalue weighted by atomic mass is 19.1. The van der Waals surface area contributed by atoms with Crippen molar-refractivity contribution in [3.63, 3.8) is 0 Å². The molecule has 0 atom stereocenters. The van der Waals surface area contributed by atoms with Crippen LogP contribution in [0.25, 0.3) is 0 Å². The van der Waals surface area contributed by atoms with Gasteiger partial charge in [-0.05, 0) is 56.0 Å². The number of hydrogen-bond donors (Lipinski definition) is 2. The van der Waals surface area contributed by atoms with E-state index in [1.165, 1.54) is 24.3 Å². The van der Waals surface area contributed by atoms with Gasteiger partial charge < -0.3 is 16.0 Å². The lowest BCUT2D eigenvalue weighted by atomic mass is 9.97. The predicted octanol–water partition coefficient (Wildman–Crippen LogP) is 1.53. The second-order valence-corrected chi connectivity index (χ2v) is 5.93. The average Bonchev–Trinajstić information content (AvgIpc) is 2.59. The van der Waals surface area contributed by atoms with Crippen molar-refractivity contribution < 1.29 is 14.0 Å². The number of hydrogen-bond acceptors (Lipinski definition) is 3. The Morgan fingerprint density at radius 2 is 1.87 bits per heavy atom. The minimum Gasteiger partial charge on any atom is -0.352 e. The van der Waals surface area contributed by atoms with E-state index < -0.39 is 0 Å². The van der Waals surface area contributed by atoms with E-state index in [0.29, 0.717) is 37.4 Å². The molecule has 0 bridgehead atoms. The van der Waals surface area contributed by atoms with Crippen LogP contribution < -0.4 is 11.1 Å². The molecule has 6 heteroatoms. The lowest BCUT2D eigenvalue weighted by Gasteiger charge is -2.31. The van der Waals surface area contributed by atoms with Gasteiger partial charge in [-0.15, -0.1) is 0 Å². The number of benzene rings is 1. The first-order chi connectivity index (χ1) is 11.1. The average molecular weight is 321 g/mol. The van der Waals surface area contributed by atoms with Gasteiger partial charge in [0.25, 0.3) is 5.91 Å². The second-order valence-electron chi connectivity index (χ2n) is 5.93. The minimum atomic E-state index is -0.370.